The van der Waals surface area contributed by atoms with Crippen molar-refractivity contribution in [2.45, 2.75) is 19.5 Å². The summed E-state index contributed by atoms with van der Waals surface area (Å²) in [6, 6.07) is 6.50. The van der Waals surface area contributed by atoms with E-state index in [-0.39, 0.29) is 24.0 Å². The van der Waals surface area contributed by atoms with Crippen molar-refractivity contribution in [1.29, 1.82) is 0 Å². The van der Waals surface area contributed by atoms with Crippen molar-refractivity contribution in [3.8, 4) is 0 Å². The fourth-order valence-corrected chi connectivity index (χ4v) is 4.08. The third kappa shape index (κ3) is 5.21. The van der Waals surface area contributed by atoms with Gasteiger partial charge in [-0.05, 0) is 35.6 Å². The number of halogens is 1. The summed E-state index contributed by atoms with van der Waals surface area (Å²) >= 11 is 1.90. The average molecular weight is 473 g/mol. The molecule has 0 atom stereocenters. The molecular formula is C18H28IN5S. The minimum absolute atomic E-state index is 0. The summed E-state index contributed by atoms with van der Waals surface area (Å²) in [7, 11) is 6.01. The molecule has 25 heavy (non-hydrogen) atoms. The van der Waals surface area contributed by atoms with Crippen LogP contribution in [-0.2, 0) is 26.6 Å². The number of fused-ring (bicyclic) bond motifs is 1. The average Bonchev–Trinajstić information content (AvgIpc) is 3.20. The Morgan fingerprint density at radius 3 is 2.96 bits per heavy atom. The molecule has 7 heteroatoms. The quantitative estimate of drug-likeness (QED) is 0.412. The molecule has 2 aromatic rings. The smallest absolute Gasteiger partial charge is 0.193 e. The molecule has 0 amide bonds. The Morgan fingerprint density at radius 1 is 1.40 bits per heavy atom. The van der Waals surface area contributed by atoms with Crippen LogP contribution < -0.4 is 5.32 Å². The van der Waals surface area contributed by atoms with E-state index in [2.05, 4.69) is 68.5 Å². The lowest BCUT2D eigenvalue weighted by atomic mass is 10.1. The molecule has 1 N–H and O–H groups in total. The molecule has 0 aliphatic carbocycles. The van der Waals surface area contributed by atoms with E-state index in [1.807, 2.05) is 18.4 Å². The zero-order valence-corrected chi connectivity index (χ0v) is 18.4. The van der Waals surface area contributed by atoms with Crippen LogP contribution in [0, 0.1) is 0 Å². The SMILES string of the molecule is CN=C(NCCN1CCc2sccc2C1)N(C)Cc1cccn1C.I. The summed E-state index contributed by atoms with van der Waals surface area (Å²) in [4.78, 5) is 10.7. The first kappa shape index (κ1) is 20.3. The van der Waals surface area contributed by atoms with Gasteiger partial charge < -0.3 is 14.8 Å². The van der Waals surface area contributed by atoms with E-state index in [0.717, 1.165) is 38.7 Å². The lowest BCUT2D eigenvalue weighted by Crippen LogP contribution is -2.43. The maximum absolute atomic E-state index is 4.41. The number of aliphatic imine (C=N–C) groups is 1. The van der Waals surface area contributed by atoms with Gasteiger partial charge in [0.15, 0.2) is 5.96 Å². The van der Waals surface area contributed by atoms with E-state index in [0.29, 0.717) is 0 Å². The van der Waals surface area contributed by atoms with Crippen molar-refractivity contribution in [2.75, 3.05) is 33.7 Å². The van der Waals surface area contributed by atoms with E-state index in [9.17, 15) is 0 Å². The van der Waals surface area contributed by atoms with Crippen LogP contribution in [0.4, 0.5) is 0 Å². The Labute approximate surface area is 171 Å². The molecule has 3 rings (SSSR count). The second-order valence-electron chi connectivity index (χ2n) is 6.34. The van der Waals surface area contributed by atoms with E-state index in [1.54, 1.807) is 4.88 Å². The van der Waals surface area contributed by atoms with Crippen molar-refractivity contribution >= 4 is 41.3 Å². The molecule has 0 saturated carbocycles. The van der Waals surface area contributed by atoms with Gasteiger partial charge in [-0.15, -0.1) is 35.3 Å². The van der Waals surface area contributed by atoms with Crippen LogP contribution in [0.3, 0.4) is 0 Å². The summed E-state index contributed by atoms with van der Waals surface area (Å²) in [5.74, 6) is 0.949. The van der Waals surface area contributed by atoms with Gasteiger partial charge in [-0.25, -0.2) is 0 Å². The van der Waals surface area contributed by atoms with E-state index < -0.39 is 0 Å². The van der Waals surface area contributed by atoms with Gasteiger partial charge in [0.25, 0.3) is 0 Å². The third-order valence-corrected chi connectivity index (χ3v) is 5.64. The molecule has 1 aliphatic rings. The minimum Gasteiger partial charge on any atom is -0.355 e. The zero-order valence-electron chi connectivity index (χ0n) is 15.2. The normalized spacial score (nSPS) is 14.8. The molecule has 5 nitrogen and oxygen atoms in total. The predicted octanol–water partition coefficient (Wildman–Crippen LogP) is 2.77. The van der Waals surface area contributed by atoms with Crippen LogP contribution in [0.1, 0.15) is 16.1 Å². The van der Waals surface area contributed by atoms with Gasteiger partial charge in [-0.3, -0.25) is 9.89 Å². The van der Waals surface area contributed by atoms with Gasteiger partial charge in [0.05, 0.1) is 6.54 Å². The van der Waals surface area contributed by atoms with Crippen molar-refractivity contribution in [3.63, 3.8) is 0 Å². The third-order valence-electron chi connectivity index (χ3n) is 4.62. The number of aromatic nitrogens is 1. The molecule has 0 aromatic carbocycles. The fraction of sp³-hybridized carbons (Fsp3) is 0.500. The molecule has 0 fully saturated rings. The van der Waals surface area contributed by atoms with Crippen LogP contribution in [0.25, 0.3) is 0 Å². The van der Waals surface area contributed by atoms with E-state index >= 15 is 0 Å². The maximum Gasteiger partial charge on any atom is 0.193 e. The first-order valence-electron chi connectivity index (χ1n) is 8.47. The summed E-state index contributed by atoms with van der Waals surface area (Å²) in [6.45, 7) is 5.06. The second kappa shape index (κ2) is 9.59. The highest BCUT2D eigenvalue weighted by Gasteiger charge is 2.17. The lowest BCUT2D eigenvalue weighted by Gasteiger charge is -2.28. The first-order valence-corrected chi connectivity index (χ1v) is 9.35. The van der Waals surface area contributed by atoms with Crippen molar-refractivity contribution < 1.29 is 0 Å². The highest BCUT2D eigenvalue weighted by molar-refractivity contribution is 14.0. The molecule has 0 unspecified atom stereocenters. The molecule has 138 valence electrons. The van der Waals surface area contributed by atoms with Crippen LogP contribution in [0.5, 0.6) is 0 Å². The molecule has 0 saturated heterocycles. The Kier molecular flexibility index (Phi) is 7.77. The summed E-state index contributed by atoms with van der Waals surface area (Å²) in [5.41, 5.74) is 2.79. The summed E-state index contributed by atoms with van der Waals surface area (Å²) in [6.07, 6.45) is 3.27. The number of aryl methyl sites for hydroxylation is 1. The number of hydrogen-bond donors (Lipinski definition) is 1. The molecule has 0 bridgehead atoms. The standard InChI is InChI=1S/C18H27N5S.HI/c1-19-18(22(3)14-16-5-4-9-21(16)2)20-8-11-23-10-6-17-15(13-23)7-12-24-17;/h4-5,7,9,12H,6,8,10-11,13-14H2,1-3H3,(H,19,20);1H. The number of guanidine groups is 1. The van der Waals surface area contributed by atoms with Gasteiger partial charge in [-0.1, -0.05) is 0 Å². The zero-order chi connectivity index (χ0) is 16.9. The number of hydrogen-bond acceptors (Lipinski definition) is 3. The molecule has 1 aliphatic heterocycles. The molecule has 3 heterocycles. The maximum atomic E-state index is 4.41. The monoisotopic (exact) mass is 473 g/mol. The lowest BCUT2D eigenvalue weighted by molar-refractivity contribution is 0.259. The molecule has 0 spiro atoms. The number of nitrogens with one attached hydrogen (secondary N) is 1. The molecular weight excluding hydrogens is 445 g/mol. The minimum atomic E-state index is 0. The van der Waals surface area contributed by atoms with Gasteiger partial charge in [0.2, 0.25) is 0 Å². The first-order chi connectivity index (χ1) is 11.7. The molecule has 0 radical (unpaired) electrons. The highest BCUT2D eigenvalue weighted by Crippen LogP contribution is 2.23. The van der Waals surface area contributed by atoms with E-state index in [4.69, 9.17) is 0 Å². The van der Waals surface area contributed by atoms with Gasteiger partial charge in [0.1, 0.15) is 0 Å². The van der Waals surface area contributed by atoms with Gasteiger partial charge in [0, 0.05) is 64.1 Å². The number of rotatable bonds is 5. The van der Waals surface area contributed by atoms with E-state index in [1.165, 1.54) is 17.7 Å². The Bertz CT molecular complexity index is 693. The second-order valence-corrected chi connectivity index (χ2v) is 7.34. The fourth-order valence-electron chi connectivity index (χ4n) is 3.19. The summed E-state index contributed by atoms with van der Waals surface area (Å²) < 4.78 is 2.15. The largest absolute Gasteiger partial charge is 0.355 e. The number of nitrogens with zero attached hydrogens (tertiary/aromatic N) is 4. The van der Waals surface area contributed by atoms with Crippen LogP contribution >= 0.6 is 35.3 Å². The Hall–Kier alpha value is -1.06. The Balaban J connectivity index is 0.00000225. The van der Waals surface area contributed by atoms with Crippen LogP contribution in [-0.4, -0.2) is 54.1 Å². The highest BCUT2D eigenvalue weighted by atomic mass is 127. The topological polar surface area (TPSA) is 35.8 Å². The summed E-state index contributed by atoms with van der Waals surface area (Å²) in [5, 5.41) is 5.71. The number of thiophene rings is 1. The van der Waals surface area contributed by atoms with Gasteiger partial charge >= 0.3 is 0 Å². The van der Waals surface area contributed by atoms with Crippen molar-refractivity contribution in [1.82, 2.24) is 19.7 Å². The van der Waals surface area contributed by atoms with Gasteiger partial charge in [-0.2, -0.15) is 0 Å². The Morgan fingerprint density at radius 2 is 2.24 bits per heavy atom. The molecule has 2 aromatic heterocycles. The predicted molar refractivity (Wildman–Crippen MR) is 117 cm³/mol. The van der Waals surface area contributed by atoms with Crippen LogP contribution in [0.2, 0.25) is 0 Å². The van der Waals surface area contributed by atoms with Crippen molar-refractivity contribution in [3.05, 3.63) is 45.9 Å². The van der Waals surface area contributed by atoms with Crippen molar-refractivity contribution in [2.24, 2.45) is 12.0 Å². The van der Waals surface area contributed by atoms with Crippen LogP contribution in [0.15, 0.2) is 34.8 Å².